The van der Waals surface area contributed by atoms with E-state index in [4.69, 9.17) is 11.6 Å². The van der Waals surface area contributed by atoms with E-state index < -0.39 is 11.6 Å². The molecule has 17 heavy (non-hydrogen) atoms. The summed E-state index contributed by atoms with van der Waals surface area (Å²) in [7, 11) is 0. The highest BCUT2D eigenvalue weighted by molar-refractivity contribution is 6.20. The summed E-state index contributed by atoms with van der Waals surface area (Å²) in [5.74, 6) is -0.482. The Morgan fingerprint density at radius 1 is 1.18 bits per heavy atom. The van der Waals surface area contributed by atoms with Gasteiger partial charge in [-0.1, -0.05) is 38.2 Å². The molecule has 0 heterocycles. The maximum atomic E-state index is 13.5. The molecule has 1 fully saturated rings. The highest BCUT2D eigenvalue weighted by atomic mass is 35.5. The van der Waals surface area contributed by atoms with Crippen LogP contribution in [-0.2, 0) is 0 Å². The van der Waals surface area contributed by atoms with Gasteiger partial charge in [-0.15, -0.1) is 11.6 Å². The van der Waals surface area contributed by atoms with E-state index in [9.17, 15) is 8.78 Å². The highest BCUT2D eigenvalue weighted by Crippen LogP contribution is 2.36. The molecule has 1 aliphatic carbocycles. The van der Waals surface area contributed by atoms with Gasteiger partial charge in [0, 0.05) is 11.6 Å². The van der Waals surface area contributed by atoms with Crippen molar-refractivity contribution in [3.63, 3.8) is 0 Å². The molecule has 0 aliphatic heterocycles. The van der Waals surface area contributed by atoms with Gasteiger partial charge < -0.3 is 0 Å². The summed E-state index contributed by atoms with van der Waals surface area (Å²) >= 11 is 6.23. The largest absolute Gasteiger partial charge is 0.207 e. The van der Waals surface area contributed by atoms with Gasteiger partial charge in [0.2, 0.25) is 0 Å². The van der Waals surface area contributed by atoms with Gasteiger partial charge in [0.05, 0.1) is 5.38 Å². The zero-order valence-corrected chi connectivity index (χ0v) is 10.5. The number of rotatable bonds is 3. The van der Waals surface area contributed by atoms with Crippen LogP contribution in [0.15, 0.2) is 18.2 Å². The van der Waals surface area contributed by atoms with Gasteiger partial charge in [-0.25, -0.2) is 8.78 Å². The van der Waals surface area contributed by atoms with Gasteiger partial charge in [-0.05, 0) is 18.4 Å². The first-order valence-corrected chi connectivity index (χ1v) is 6.69. The van der Waals surface area contributed by atoms with E-state index in [-0.39, 0.29) is 5.38 Å². The number of hydrogen-bond acceptors (Lipinski definition) is 0. The van der Waals surface area contributed by atoms with Crippen LogP contribution in [0.5, 0.6) is 0 Å². The second-order valence-electron chi connectivity index (χ2n) is 4.87. The maximum absolute atomic E-state index is 13.5. The van der Waals surface area contributed by atoms with Crippen LogP contribution in [0.4, 0.5) is 8.78 Å². The maximum Gasteiger partial charge on any atom is 0.130 e. The van der Waals surface area contributed by atoms with Crippen LogP contribution in [0.2, 0.25) is 0 Å². The van der Waals surface area contributed by atoms with Crippen molar-refractivity contribution in [1.82, 2.24) is 0 Å². The minimum Gasteiger partial charge on any atom is -0.207 e. The third-order valence-electron chi connectivity index (χ3n) is 3.56. The average Bonchev–Trinajstić information content (AvgIpc) is 2.30. The number of hydrogen-bond donors (Lipinski definition) is 0. The molecule has 0 bridgehead atoms. The molecule has 0 amide bonds. The Morgan fingerprint density at radius 2 is 1.88 bits per heavy atom. The lowest BCUT2D eigenvalue weighted by atomic mass is 9.85. The number of alkyl halides is 1. The third kappa shape index (κ3) is 3.41. The molecule has 1 aromatic carbocycles. The standard InChI is InChI=1S/C14H17ClF2/c15-13(8-10-4-2-1-3-5-10)12-7-6-11(16)9-14(12)17/h6-7,9-10,13H,1-5,8H2. The molecule has 2 rings (SSSR count). The SMILES string of the molecule is Fc1ccc(C(Cl)CC2CCCCC2)c(F)c1. The zero-order chi connectivity index (χ0) is 12.3. The third-order valence-corrected chi connectivity index (χ3v) is 3.98. The Balaban J connectivity index is 2.00. The molecule has 1 unspecified atom stereocenters. The van der Waals surface area contributed by atoms with E-state index in [0.717, 1.165) is 12.5 Å². The van der Waals surface area contributed by atoms with Crippen LogP contribution in [0, 0.1) is 17.6 Å². The number of halogens is 3. The van der Waals surface area contributed by atoms with Gasteiger partial charge in [0.1, 0.15) is 11.6 Å². The van der Waals surface area contributed by atoms with E-state index in [1.807, 2.05) is 0 Å². The minimum absolute atomic E-state index is 0.335. The fourth-order valence-corrected chi connectivity index (χ4v) is 3.03. The van der Waals surface area contributed by atoms with Crippen molar-refractivity contribution in [2.24, 2.45) is 5.92 Å². The molecule has 1 aromatic rings. The normalized spacial score (nSPS) is 19.2. The van der Waals surface area contributed by atoms with Crippen LogP contribution in [-0.4, -0.2) is 0 Å². The van der Waals surface area contributed by atoms with Gasteiger partial charge in [-0.3, -0.25) is 0 Å². The lowest BCUT2D eigenvalue weighted by Crippen LogP contribution is -2.09. The van der Waals surface area contributed by atoms with E-state index in [0.29, 0.717) is 11.5 Å². The molecule has 0 aromatic heterocycles. The summed E-state index contributed by atoms with van der Waals surface area (Å²) in [6.45, 7) is 0. The minimum atomic E-state index is -0.548. The summed E-state index contributed by atoms with van der Waals surface area (Å²) < 4.78 is 26.3. The summed E-state index contributed by atoms with van der Waals surface area (Å²) in [5, 5.41) is -0.335. The van der Waals surface area contributed by atoms with E-state index in [1.54, 1.807) is 0 Å². The van der Waals surface area contributed by atoms with Crippen LogP contribution in [0.3, 0.4) is 0 Å². The van der Waals surface area contributed by atoms with Crippen molar-refractivity contribution >= 4 is 11.6 Å². The quantitative estimate of drug-likeness (QED) is 0.653. The fourth-order valence-electron chi connectivity index (χ4n) is 2.60. The predicted molar refractivity (Wildman–Crippen MR) is 66.1 cm³/mol. The molecular formula is C14H17ClF2. The van der Waals surface area contributed by atoms with Gasteiger partial charge in [0.15, 0.2) is 0 Å². The lowest BCUT2D eigenvalue weighted by molar-refractivity contribution is 0.334. The summed E-state index contributed by atoms with van der Waals surface area (Å²) in [5.41, 5.74) is 0.429. The van der Waals surface area contributed by atoms with E-state index in [1.165, 1.54) is 44.2 Å². The molecule has 1 saturated carbocycles. The van der Waals surface area contributed by atoms with Gasteiger partial charge >= 0.3 is 0 Å². The summed E-state index contributed by atoms with van der Waals surface area (Å²) in [6.07, 6.45) is 6.97. The van der Waals surface area contributed by atoms with Crippen molar-refractivity contribution in [3.05, 3.63) is 35.4 Å². The second-order valence-corrected chi connectivity index (χ2v) is 5.40. The highest BCUT2D eigenvalue weighted by Gasteiger charge is 2.20. The first kappa shape index (κ1) is 12.8. The molecule has 0 saturated heterocycles. The zero-order valence-electron chi connectivity index (χ0n) is 9.76. The van der Waals surface area contributed by atoms with Crippen molar-refractivity contribution < 1.29 is 8.78 Å². The second kappa shape index (κ2) is 5.81. The Hall–Kier alpha value is -0.630. The van der Waals surface area contributed by atoms with Crippen LogP contribution >= 0.6 is 11.6 Å². The Labute approximate surface area is 106 Å². The van der Waals surface area contributed by atoms with Crippen molar-refractivity contribution in [2.45, 2.75) is 43.9 Å². The Kier molecular flexibility index (Phi) is 4.38. The van der Waals surface area contributed by atoms with Crippen molar-refractivity contribution in [2.75, 3.05) is 0 Å². The molecule has 3 heteroatoms. The molecule has 94 valence electrons. The van der Waals surface area contributed by atoms with Crippen LogP contribution < -0.4 is 0 Å². The first-order chi connectivity index (χ1) is 8.16. The number of benzene rings is 1. The Morgan fingerprint density at radius 3 is 2.53 bits per heavy atom. The van der Waals surface area contributed by atoms with E-state index in [2.05, 4.69) is 0 Å². The molecule has 0 spiro atoms. The molecule has 0 radical (unpaired) electrons. The summed E-state index contributed by atoms with van der Waals surface area (Å²) in [4.78, 5) is 0. The van der Waals surface area contributed by atoms with Crippen LogP contribution in [0.25, 0.3) is 0 Å². The smallest absolute Gasteiger partial charge is 0.130 e. The molecule has 0 N–H and O–H groups in total. The topological polar surface area (TPSA) is 0 Å². The fraction of sp³-hybridized carbons (Fsp3) is 0.571. The lowest BCUT2D eigenvalue weighted by Gasteiger charge is -2.24. The summed E-state index contributed by atoms with van der Waals surface area (Å²) in [6, 6.07) is 3.64. The van der Waals surface area contributed by atoms with E-state index >= 15 is 0 Å². The van der Waals surface area contributed by atoms with Crippen molar-refractivity contribution in [3.8, 4) is 0 Å². The van der Waals surface area contributed by atoms with Gasteiger partial charge in [0.25, 0.3) is 0 Å². The average molecular weight is 259 g/mol. The molecule has 1 aliphatic rings. The molecule has 0 nitrogen and oxygen atoms in total. The Bertz CT molecular complexity index is 372. The first-order valence-electron chi connectivity index (χ1n) is 6.26. The predicted octanol–water partition coefficient (Wildman–Crippen LogP) is 5.22. The molecule has 1 atom stereocenters. The molecular weight excluding hydrogens is 242 g/mol. The van der Waals surface area contributed by atoms with Crippen molar-refractivity contribution in [1.29, 1.82) is 0 Å². The van der Waals surface area contributed by atoms with Gasteiger partial charge in [-0.2, -0.15) is 0 Å². The monoisotopic (exact) mass is 258 g/mol. The van der Waals surface area contributed by atoms with Crippen LogP contribution in [0.1, 0.15) is 49.5 Å².